The van der Waals surface area contributed by atoms with Gasteiger partial charge in [0.25, 0.3) is 0 Å². The first-order valence-corrected chi connectivity index (χ1v) is 4.25. The van der Waals surface area contributed by atoms with E-state index in [0.717, 1.165) is 6.26 Å². The number of rotatable bonds is 1. The Balaban J connectivity index is 2.94. The highest BCUT2D eigenvalue weighted by Gasteiger charge is 2.27. The van der Waals surface area contributed by atoms with Crippen LogP contribution in [0.5, 0.6) is 0 Å². The fourth-order valence-electron chi connectivity index (χ4n) is 1.16. The standard InChI is InChI=1S/C11H14O2/c1-11(2,3)10(13)9-6-4-5-8(9)7-12/h4-7,12H,1-3H3/b8-7+. The molecule has 0 unspecified atom stereocenters. The van der Waals surface area contributed by atoms with E-state index in [9.17, 15) is 4.79 Å². The average molecular weight is 178 g/mol. The second kappa shape index (κ2) is 3.21. The minimum absolute atomic E-state index is 0.0535. The molecule has 1 aliphatic carbocycles. The van der Waals surface area contributed by atoms with Crippen LogP contribution in [0.2, 0.25) is 0 Å². The molecular weight excluding hydrogens is 164 g/mol. The van der Waals surface area contributed by atoms with Crippen LogP contribution in [-0.2, 0) is 4.79 Å². The Hall–Kier alpha value is -1.31. The molecular formula is C11H14O2. The maximum atomic E-state index is 11.8. The van der Waals surface area contributed by atoms with Crippen molar-refractivity contribution in [2.75, 3.05) is 0 Å². The van der Waals surface area contributed by atoms with Crippen molar-refractivity contribution >= 4 is 5.78 Å². The fourth-order valence-corrected chi connectivity index (χ4v) is 1.16. The molecule has 0 fully saturated rings. The zero-order chi connectivity index (χ0) is 10.1. The molecule has 0 spiro atoms. The van der Waals surface area contributed by atoms with Crippen LogP contribution in [0.1, 0.15) is 20.8 Å². The molecule has 1 N–H and O–H groups in total. The molecule has 1 rings (SSSR count). The third kappa shape index (κ3) is 1.89. The van der Waals surface area contributed by atoms with E-state index in [2.05, 4.69) is 0 Å². The predicted octanol–water partition coefficient (Wildman–Crippen LogP) is 2.54. The number of ketones is 1. The molecule has 0 radical (unpaired) electrons. The maximum absolute atomic E-state index is 11.8. The number of hydrogen-bond acceptors (Lipinski definition) is 2. The lowest BCUT2D eigenvalue weighted by atomic mass is 9.85. The molecule has 0 atom stereocenters. The molecule has 0 aromatic carbocycles. The summed E-state index contributed by atoms with van der Waals surface area (Å²) >= 11 is 0. The Morgan fingerprint density at radius 3 is 2.54 bits per heavy atom. The van der Waals surface area contributed by atoms with Gasteiger partial charge in [0.1, 0.15) is 0 Å². The van der Waals surface area contributed by atoms with Crippen molar-refractivity contribution in [3.8, 4) is 0 Å². The van der Waals surface area contributed by atoms with Crippen LogP contribution >= 0.6 is 0 Å². The summed E-state index contributed by atoms with van der Waals surface area (Å²) in [6, 6.07) is 0. The monoisotopic (exact) mass is 178 g/mol. The van der Waals surface area contributed by atoms with Gasteiger partial charge in [-0.15, -0.1) is 0 Å². The summed E-state index contributed by atoms with van der Waals surface area (Å²) in [7, 11) is 0. The van der Waals surface area contributed by atoms with E-state index in [1.165, 1.54) is 0 Å². The Labute approximate surface area is 78.3 Å². The second-order valence-electron chi connectivity index (χ2n) is 4.10. The lowest BCUT2D eigenvalue weighted by Crippen LogP contribution is -2.22. The highest BCUT2D eigenvalue weighted by atomic mass is 16.2. The zero-order valence-corrected chi connectivity index (χ0v) is 8.16. The van der Waals surface area contributed by atoms with E-state index in [-0.39, 0.29) is 5.78 Å². The maximum Gasteiger partial charge on any atom is 0.168 e. The van der Waals surface area contributed by atoms with Crippen LogP contribution in [0.25, 0.3) is 0 Å². The lowest BCUT2D eigenvalue weighted by Gasteiger charge is -2.17. The Morgan fingerprint density at radius 2 is 2.08 bits per heavy atom. The number of allylic oxidation sites excluding steroid dienone is 5. The molecule has 13 heavy (non-hydrogen) atoms. The quantitative estimate of drug-likeness (QED) is 0.626. The van der Waals surface area contributed by atoms with Crippen molar-refractivity contribution in [2.24, 2.45) is 5.41 Å². The van der Waals surface area contributed by atoms with Crippen LogP contribution in [0, 0.1) is 5.41 Å². The van der Waals surface area contributed by atoms with Crippen molar-refractivity contribution in [1.29, 1.82) is 0 Å². The van der Waals surface area contributed by atoms with E-state index < -0.39 is 5.41 Å². The van der Waals surface area contributed by atoms with Gasteiger partial charge in [-0.25, -0.2) is 0 Å². The van der Waals surface area contributed by atoms with Gasteiger partial charge < -0.3 is 5.11 Å². The van der Waals surface area contributed by atoms with Gasteiger partial charge in [0, 0.05) is 16.6 Å². The smallest absolute Gasteiger partial charge is 0.168 e. The SMILES string of the molecule is CC(C)(C)C(=O)C1=CC=C/C1=C\O. The van der Waals surface area contributed by atoms with Gasteiger partial charge in [-0.2, -0.15) is 0 Å². The number of carbonyl (C=O) groups excluding carboxylic acids is 1. The molecule has 0 aliphatic heterocycles. The first-order chi connectivity index (χ1) is 5.96. The number of Topliss-reactive ketones (excluding diaryl/α,β-unsaturated/α-hetero) is 1. The van der Waals surface area contributed by atoms with E-state index in [4.69, 9.17) is 5.11 Å². The average Bonchev–Trinajstić information content (AvgIpc) is 2.48. The minimum Gasteiger partial charge on any atom is -0.515 e. The molecule has 2 nitrogen and oxygen atoms in total. The van der Waals surface area contributed by atoms with Crippen molar-refractivity contribution in [3.63, 3.8) is 0 Å². The lowest BCUT2D eigenvalue weighted by molar-refractivity contribution is -0.122. The molecule has 0 heterocycles. The summed E-state index contributed by atoms with van der Waals surface area (Å²) in [4.78, 5) is 11.8. The topological polar surface area (TPSA) is 37.3 Å². The summed E-state index contributed by atoms with van der Waals surface area (Å²) < 4.78 is 0. The van der Waals surface area contributed by atoms with E-state index >= 15 is 0 Å². The number of aliphatic hydroxyl groups is 1. The number of carbonyl (C=O) groups is 1. The molecule has 2 heteroatoms. The molecule has 1 aliphatic rings. The van der Waals surface area contributed by atoms with Gasteiger partial charge >= 0.3 is 0 Å². The Morgan fingerprint density at radius 1 is 1.46 bits per heavy atom. The largest absolute Gasteiger partial charge is 0.515 e. The fraction of sp³-hybridized carbons (Fsp3) is 0.364. The van der Waals surface area contributed by atoms with Crippen molar-refractivity contribution in [1.82, 2.24) is 0 Å². The number of aliphatic hydroxyl groups excluding tert-OH is 1. The van der Waals surface area contributed by atoms with Gasteiger partial charge in [0.15, 0.2) is 5.78 Å². The number of hydrogen-bond donors (Lipinski definition) is 1. The third-order valence-corrected chi connectivity index (χ3v) is 1.91. The van der Waals surface area contributed by atoms with Crippen molar-refractivity contribution < 1.29 is 9.90 Å². The zero-order valence-electron chi connectivity index (χ0n) is 8.16. The molecule has 0 saturated heterocycles. The van der Waals surface area contributed by atoms with E-state index in [0.29, 0.717) is 11.1 Å². The summed E-state index contributed by atoms with van der Waals surface area (Å²) in [5.41, 5.74) is 0.793. The van der Waals surface area contributed by atoms with Crippen LogP contribution in [0.4, 0.5) is 0 Å². The predicted molar refractivity (Wildman–Crippen MR) is 52.4 cm³/mol. The molecule has 0 bridgehead atoms. The van der Waals surface area contributed by atoms with Crippen LogP contribution in [-0.4, -0.2) is 10.9 Å². The second-order valence-corrected chi connectivity index (χ2v) is 4.10. The van der Waals surface area contributed by atoms with Gasteiger partial charge in [0.2, 0.25) is 0 Å². The van der Waals surface area contributed by atoms with Crippen molar-refractivity contribution in [3.05, 3.63) is 35.6 Å². The highest BCUT2D eigenvalue weighted by Crippen LogP contribution is 2.27. The summed E-state index contributed by atoms with van der Waals surface area (Å²) in [6.07, 6.45) is 6.19. The van der Waals surface area contributed by atoms with Crippen LogP contribution < -0.4 is 0 Å². The first-order valence-electron chi connectivity index (χ1n) is 4.25. The Bertz CT molecular complexity index is 311. The van der Waals surface area contributed by atoms with Crippen LogP contribution in [0.15, 0.2) is 35.6 Å². The molecule has 0 aromatic rings. The molecule has 70 valence electrons. The van der Waals surface area contributed by atoms with Crippen LogP contribution in [0.3, 0.4) is 0 Å². The normalized spacial score (nSPS) is 19.3. The molecule has 0 saturated carbocycles. The molecule has 0 aromatic heterocycles. The van der Waals surface area contributed by atoms with Crippen molar-refractivity contribution in [2.45, 2.75) is 20.8 Å². The third-order valence-electron chi connectivity index (χ3n) is 1.91. The van der Waals surface area contributed by atoms with Gasteiger partial charge in [-0.1, -0.05) is 39.0 Å². The van der Waals surface area contributed by atoms with Gasteiger partial charge in [-0.3, -0.25) is 4.79 Å². The summed E-state index contributed by atoms with van der Waals surface area (Å²) in [6.45, 7) is 5.59. The summed E-state index contributed by atoms with van der Waals surface area (Å²) in [5.74, 6) is 0.0535. The minimum atomic E-state index is -0.397. The summed E-state index contributed by atoms with van der Waals surface area (Å²) in [5, 5.41) is 8.84. The van der Waals surface area contributed by atoms with E-state index in [1.807, 2.05) is 20.8 Å². The van der Waals surface area contributed by atoms with E-state index in [1.54, 1.807) is 18.2 Å². The highest BCUT2D eigenvalue weighted by molar-refractivity contribution is 6.04. The molecule has 0 amide bonds. The Kier molecular flexibility index (Phi) is 2.41. The first kappa shape index (κ1) is 9.78. The van der Waals surface area contributed by atoms with Gasteiger partial charge in [0.05, 0.1) is 6.26 Å². The van der Waals surface area contributed by atoms with Gasteiger partial charge in [-0.05, 0) is 0 Å².